The fourth-order valence-electron chi connectivity index (χ4n) is 6.61. The molecule has 0 spiro atoms. The second-order valence-corrected chi connectivity index (χ2v) is 11.0. The average Bonchev–Trinajstić information content (AvgIpc) is 3.47. The Morgan fingerprint density at radius 1 is 0.917 bits per heavy atom. The van der Waals surface area contributed by atoms with Gasteiger partial charge in [0.2, 0.25) is 11.5 Å². The first-order valence-corrected chi connectivity index (χ1v) is 13.7. The number of hydrogen-bond acceptors (Lipinski definition) is 4. The molecule has 36 heavy (non-hydrogen) atoms. The number of esters is 1. The normalized spacial score (nSPS) is 26.0. The molecule has 2 aromatic rings. The maximum absolute atomic E-state index is 13.6. The molecule has 2 bridgehead atoms. The molecule has 1 amide bonds. The minimum absolute atomic E-state index is 0.202. The van der Waals surface area contributed by atoms with E-state index in [4.69, 9.17) is 4.74 Å². The summed E-state index contributed by atoms with van der Waals surface area (Å²) in [6, 6.07) is 18.2. The average molecular weight is 492 g/mol. The van der Waals surface area contributed by atoms with Crippen LogP contribution in [0.25, 0.3) is 0 Å². The third-order valence-corrected chi connectivity index (χ3v) is 8.81. The first-order valence-electron chi connectivity index (χ1n) is 13.7. The van der Waals surface area contributed by atoms with Gasteiger partial charge in [0.1, 0.15) is 6.54 Å². The molecule has 3 aliphatic heterocycles. The highest BCUT2D eigenvalue weighted by atomic mass is 16.6. The summed E-state index contributed by atoms with van der Waals surface area (Å²) in [5.41, 5.74) is -0.807. The summed E-state index contributed by atoms with van der Waals surface area (Å²) >= 11 is 0. The molecule has 1 atom stereocenters. The fourth-order valence-corrected chi connectivity index (χ4v) is 6.61. The fraction of sp³-hybridized carbons (Fsp3) is 0.533. The number of benzene rings is 2. The van der Waals surface area contributed by atoms with Gasteiger partial charge in [0.15, 0.2) is 6.10 Å². The SMILES string of the molecule is O=C(NCCC[N+]12CCC(CC1)[C@@H](OC(=O)C(O)(c1ccccc1)c1ccccc1)C2)C1CCCC1. The number of carbonyl (C=O) groups is 2. The number of nitrogens with one attached hydrogen (secondary N) is 1. The summed E-state index contributed by atoms with van der Waals surface area (Å²) in [7, 11) is 0. The van der Waals surface area contributed by atoms with Gasteiger partial charge in [-0.2, -0.15) is 0 Å². The van der Waals surface area contributed by atoms with Crippen LogP contribution in [0, 0.1) is 11.8 Å². The van der Waals surface area contributed by atoms with Crippen LogP contribution in [0.1, 0.15) is 56.1 Å². The van der Waals surface area contributed by atoms with Crippen LogP contribution >= 0.6 is 0 Å². The number of nitrogens with zero attached hydrogens (tertiary/aromatic N) is 1. The summed E-state index contributed by atoms with van der Waals surface area (Å²) in [6.07, 6.45) is 7.18. The number of amides is 1. The lowest BCUT2D eigenvalue weighted by Gasteiger charge is -2.52. The molecule has 1 saturated carbocycles. The van der Waals surface area contributed by atoms with Gasteiger partial charge in [-0.15, -0.1) is 0 Å². The van der Waals surface area contributed by atoms with Gasteiger partial charge in [-0.3, -0.25) is 4.79 Å². The lowest BCUT2D eigenvalue weighted by Crippen LogP contribution is -2.65. The monoisotopic (exact) mass is 491 g/mol. The van der Waals surface area contributed by atoms with Gasteiger partial charge in [0.05, 0.1) is 19.6 Å². The molecule has 192 valence electrons. The molecule has 0 radical (unpaired) electrons. The maximum atomic E-state index is 13.6. The van der Waals surface area contributed by atoms with Crippen molar-refractivity contribution < 1.29 is 23.9 Å². The number of aliphatic hydroxyl groups is 1. The smallest absolute Gasteiger partial charge is 0.348 e. The summed E-state index contributed by atoms with van der Waals surface area (Å²) in [4.78, 5) is 26.0. The van der Waals surface area contributed by atoms with Crippen molar-refractivity contribution in [3.8, 4) is 0 Å². The Bertz CT molecular complexity index is 988. The van der Waals surface area contributed by atoms with Gasteiger partial charge in [-0.1, -0.05) is 73.5 Å². The van der Waals surface area contributed by atoms with E-state index in [1.165, 1.54) is 12.8 Å². The Morgan fingerprint density at radius 2 is 1.50 bits per heavy atom. The summed E-state index contributed by atoms with van der Waals surface area (Å²) < 4.78 is 7.10. The molecule has 4 aliphatic rings. The third kappa shape index (κ3) is 5.07. The van der Waals surface area contributed by atoms with Gasteiger partial charge >= 0.3 is 5.97 Å². The molecule has 0 unspecified atom stereocenters. The molecule has 0 aromatic heterocycles. The summed E-state index contributed by atoms with van der Waals surface area (Å²) in [5, 5.41) is 14.9. The van der Waals surface area contributed by atoms with Crippen LogP contribution in [0.2, 0.25) is 0 Å². The third-order valence-electron chi connectivity index (χ3n) is 8.81. The highest BCUT2D eigenvalue weighted by molar-refractivity contribution is 5.85. The van der Waals surface area contributed by atoms with Crippen LogP contribution in [0.4, 0.5) is 0 Å². The predicted molar refractivity (Wildman–Crippen MR) is 138 cm³/mol. The van der Waals surface area contributed by atoms with Crippen molar-refractivity contribution in [2.45, 2.75) is 56.7 Å². The van der Waals surface area contributed by atoms with Crippen molar-refractivity contribution in [3.05, 3.63) is 71.8 Å². The molecule has 6 rings (SSSR count). The van der Waals surface area contributed by atoms with Crippen molar-refractivity contribution >= 4 is 11.9 Å². The predicted octanol–water partition coefficient (Wildman–Crippen LogP) is 3.77. The Balaban J connectivity index is 1.23. The number of ether oxygens (including phenoxy) is 1. The van der Waals surface area contributed by atoms with E-state index in [1.807, 2.05) is 36.4 Å². The number of quaternary nitrogens is 1. The van der Waals surface area contributed by atoms with Crippen molar-refractivity contribution in [1.82, 2.24) is 5.32 Å². The van der Waals surface area contributed by atoms with Crippen molar-refractivity contribution in [2.24, 2.45) is 11.8 Å². The van der Waals surface area contributed by atoms with E-state index in [0.29, 0.717) is 23.6 Å². The van der Waals surface area contributed by atoms with E-state index in [0.717, 1.165) is 62.8 Å². The van der Waals surface area contributed by atoms with Gasteiger partial charge in [0, 0.05) is 37.6 Å². The molecule has 2 N–H and O–H groups in total. The molecule has 2 aromatic carbocycles. The number of rotatable bonds is 9. The zero-order valence-electron chi connectivity index (χ0n) is 21.1. The largest absolute Gasteiger partial charge is 0.453 e. The first kappa shape index (κ1) is 25.0. The van der Waals surface area contributed by atoms with E-state index >= 15 is 0 Å². The summed E-state index contributed by atoms with van der Waals surface area (Å²) in [6.45, 7) is 4.67. The zero-order chi connectivity index (χ0) is 25.0. The lowest BCUT2D eigenvalue weighted by molar-refractivity contribution is -0.946. The van der Waals surface area contributed by atoms with Gasteiger partial charge in [-0.25, -0.2) is 4.79 Å². The Hall–Kier alpha value is -2.70. The minimum atomic E-state index is -1.84. The van der Waals surface area contributed by atoms with Crippen molar-refractivity contribution in [1.29, 1.82) is 0 Å². The van der Waals surface area contributed by atoms with Gasteiger partial charge in [-0.05, 0) is 24.0 Å². The maximum Gasteiger partial charge on any atom is 0.348 e. The Morgan fingerprint density at radius 3 is 2.08 bits per heavy atom. The molecule has 6 nitrogen and oxygen atoms in total. The molecule has 6 heteroatoms. The first-order chi connectivity index (χ1) is 17.5. The molecular weight excluding hydrogens is 452 g/mol. The van der Waals surface area contributed by atoms with Gasteiger partial charge in [0.25, 0.3) is 0 Å². The van der Waals surface area contributed by atoms with E-state index in [-0.39, 0.29) is 17.9 Å². The van der Waals surface area contributed by atoms with Crippen LogP contribution in [-0.4, -0.2) is 60.3 Å². The topological polar surface area (TPSA) is 75.6 Å². The Kier molecular flexibility index (Phi) is 7.44. The highest BCUT2D eigenvalue weighted by Crippen LogP contribution is 2.38. The second-order valence-electron chi connectivity index (χ2n) is 11.0. The van der Waals surface area contributed by atoms with Crippen LogP contribution in [0.5, 0.6) is 0 Å². The molecule has 3 saturated heterocycles. The van der Waals surface area contributed by atoms with E-state index in [1.54, 1.807) is 24.3 Å². The van der Waals surface area contributed by atoms with Crippen LogP contribution in [-0.2, 0) is 19.9 Å². The molecule has 3 heterocycles. The number of piperidine rings is 3. The zero-order valence-corrected chi connectivity index (χ0v) is 21.1. The standard InChI is InChI=1S/C30H38N2O4/c33-28(24-10-7-8-11-24)31-18-9-19-32-20-16-23(17-21-32)27(22-32)36-29(34)30(35,25-12-3-1-4-13-25)26-14-5-2-6-15-26/h1-6,12-15,23-24,27,35H,7-11,16-22H2/p+1/t23?,27-,32?/m0/s1. The number of carbonyl (C=O) groups excluding carboxylic acids is 2. The highest BCUT2D eigenvalue weighted by Gasteiger charge is 2.50. The van der Waals surface area contributed by atoms with E-state index < -0.39 is 11.6 Å². The Labute approximate surface area is 214 Å². The minimum Gasteiger partial charge on any atom is -0.453 e. The molecule has 4 fully saturated rings. The molecular formula is C30H39N2O4+. The number of fused-ring (bicyclic) bond motifs is 3. The van der Waals surface area contributed by atoms with Gasteiger partial charge < -0.3 is 19.6 Å². The number of hydrogen-bond donors (Lipinski definition) is 2. The quantitative estimate of drug-likeness (QED) is 0.318. The van der Waals surface area contributed by atoms with Crippen molar-refractivity contribution in [2.75, 3.05) is 32.7 Å². The van der Waals surface area contributed by atoms with E-state index in [9.17, 15) is 14.7 Å². The molecule has 1 aliphatic carbocycles. The van der Waals surface area contributed by atoms with Crippen LogP contribution < -0.4 is 5.32 Å². The lowest BCUT2D eigenvalue weighted by atomic mass is 9.82. The van der Waals surface area contributed by atoms with Crippen LogP contribution in [0.15, 0.2) is 60.7 Å². The van der Waals surface area contributed by atoms with Crippen LogP contribution in [0.3, 0.4) is 0 Å². The van der Waals surface area contributed by atoms with Crippen molar-refractivity contribution in [3.63, 3.8) is 0 Å². The second kappa shape index (κ2) is 10.7. The van der Waals surface area contributed by atoms with E-state index in [2.05, 4.69) is 5.32 Å². The summed E-state index contributed by atoms with van der Waals surface area (Å²) in [5.74, 6) is 0.171.